The number of rotatable bonds is 4. The maximum atomic E-state index is 4.49. The summed E-state index contributed by atoms with van der Waals surface area (Å²) in [6.45, 7) is 2.28. The summed E-state index contributed by atoms with van der Waals surface area (Å²) in [5, 5.41) is 3.66. The third-order valence-corrected chi connectivity index (χ3v) is 3.90. The zero-order valence-electron chi connectivity index (χ0n) is 10.6. The van der Waals surface area contributed by atoms with Gasteiger partial charge >= 0.3 is 0 Å². The Morgan fingerprint density at radius 3 is 2.94 bits per heavy atom. The molecule has 4 heteroatoms. The predicted molar refractivity (Wildman–Crippen MR) is 69.2 cm³/mol. The highest BCUT2D eigenvalue weighted by atomic mass is 15.3. The Balaban J connectivity index is 1.68. The van der Waals surface area contributed by atoms with E-state index in [4.69, 9.17) is 0 Å². The van der Waals surface area contributed by atoms with Crippen molar-refractivity contribution in [3.05, 3.63) is 12.4 Å². The van der Waals surface area contributed by atoms with Crippen LogP contribution in [0.1, 0.15) is 32.1 Å². The van der Waals surface area contributed by atoms with Crippen LogP contribution < -0.4 is 10.2 Å². The Kier molecular flexibility index (Phi) is 3.05. The number of piperidine rings is 1. The fourth-order valence-corrected chi connectivity index (χ4v) is 2.70. The van der Waals surface area contributed by atoms with Gasteiger partial charge in [0.25, 0.3) is 0 Å². The van der Waals surface area contributed by atoms with Gasteiger partial charge in [0.15, 0.2) is 0 Å². The quantitative estimate of drug-likeness (QED) is 0.857. The molecule has 0 spiro atoms. The van der Waals surface area contributed by atoms with E-state index in [0.29, 0.717) is 6.04 Å². The molecule has 0 radical (unpaired) electrons. The Morgan fingerprint density at radius 1 is 1.35 bits per heavy atom. The summed E-state index contributed by atoms with van der Waals surface area (Å²) in [7, 11) is 2.09. The zero-order chi connectivity index (χ0) is 11.7. The summed E-state index contributed by atoms with van der Waals surface area (Å²) in [4.78, 5) is 6.98. The molecule has 0 amide bonds. The van der Waals surface area contributed by atoms with Gasteiger partial charge < -0.3 is 14.8 Å². The van der Waals surface area contributed by atoms with Crippen molar-refractivity contribution in [2.75, 3.05) is 18.0 Å². The van der Waals surface area contributed by atoms with E-state index in [9.17, 15) is 0 Å². The monoisotopic (exact) mass is 234 g/mol. The van der Waals surface area contributed by atoms with Gasteiger partial charge in [-0.2, -0.15) is 0 Å². The molecule has 94 valence electrons. The molecule has 0 aromatic carbocycles. The summed E-state index contributed by atoms with van der Waals surface area (Å²) < 4.78 is 2.13. The second kappa shape index (κ2) is 4.69. The highest BCUT2D eigenvalue weighted by Crippen LogP contribution is 2.24. The number of hydrogen-bond acceptors (Lipinski definition) is 3. The topological polar surface area (TPSA) is 33.1 Å². The largest absolute Gasteiger partial charge is 0.338 e. The summed E-state index contributed by atoms with van der Waals surface area (Å²) in [5.74, 6) is 1.13. The molecule has 0 bridgehead atoms. The van der Waals surface area contributed by atoms with Crippen LogP contribution in [0.5, 0.6) is 0 Å². The molecule has 2 fully saturated rings. The van der Waals surface area contributed by atoms with E-state index in [2.05, 4.69) is 26.8 Å². The highest BCUT2D eigenvalue weighted by molar-refractivity contribution is 5.33. The maximum absolute atomic E-state index is 4.49. The Bertz CT molecular complexity index is 369. The molecule has 1 aromatic rings. The van der Waals surface area contributed by atoms with E-state index in [1.54, 1.807) is 0 Å². The minimum atomic E-state index is 0.630. The molecular formula is C13H22N4. The van der Waals surface area contributed by atoms with Gasteiger partial charge in [-0.3, -0.25) is 0 Å². The van der Waals surface area contributed by atoms with Gasteiger partial charge in [0.05, 0.1) is 0 Å². The number of aromatic nitrogens is 2. The Morgan fingerprint density at radius 2 is 2.24 bits per heavy atom. The minimum Gasteiger partial charge on any atom is -0.338 e. The first-order valence-corrected chi connectivity index (χ1v) is 6.82. The number of nitrogens with one attached hydrogen (secondary N) is 1. The van der Waals surface area contributed by atoms with E-state index in [-0.39, 0.29) is 0 Å². The lowest BCUT2D eigenvalue weighted by atomic mass is 10.0. The molecule has 1 saturated heterocycles. The van der Waals surface area contributed by atoms with E-state index < -0.39 is 0 Å². The molecule has 1 saturated carbocycles. The van der Waals surface area contributed by atoms with Crippen LogP contribution in [0.3, 0.4) is 0 Å². The van der Waals surface area contributed by atoms with Crippen molar-refractivity contribution in [2.24, 2.45) is 7.05 Å². The SMILES string of the molecule is Cn1ccnc1N1CCCCC1CNC1CC1. The van der Waals surface area contributed by atoms with E-state index >= 15 is 0 Å². The number of imidazole rings is 1. The van der Waals surface area contributed by atoms with Crippen LogP contribution in [0.15, 0.2) is 12.4 Å². The Labute approximate surface area is 103 Å². The molecule has 1 N–H and O–H groups in total. The summed E-state index contributed by atoms with van der Waals surface area (Å²) >= 11 is 0. The zero-order valence-corrected chi connectivity index (χ0v) is 10.6. The first-order valence-electron chi connectivity index (χ1n) is 6.82. The van der Waals surface area contributed by atoms with Crippen LogP contribution >= 0.6 is 0 Å². The second-order valence-corrected chi connectivity index (χ2v) is 5.36. The number of hydrogen-bond donors (Lipinski definition) is 1. The lowest BCUT2D eigenvalue weighted by Gasteiger charge is -2.36. The molecule has 3 rings (SSSR count). The fourth-order valence-electron chi connectivity index (χ4n) is 2.70. The summed E-state index contributed by atoms with van der Waals surface area (Å²) in [6, 6.07) is 1.44. The van der Waals surface area contributed by atoms with Crippen LogP contribution in [-0.4, -0.2) is 34.7 Å². The first kappa shape index (κ1) is 11.1. The van der Waals surface area contributed by atoms with Crippen LogP contribution in [0.25, 0.3) is 0 Å². The number of nitrogens with zero attached hydrogens (tertiary/aromatic N) is 3. The summed E-state index contributed by atoms with van der Waals surface area (Å²) in [5.41, 5.74) is 0. The average molecular weight is 234 g/mol. The third-order valence-electron chi connectivity index (χ3n) is 3.90. The molecule has 1 aliphatic carbocycles. The smallest absolute Gasteiger partial charge is 0.205 e. The number of aryl methyl sites for hydroxylation is 1. The normalized spacial score (nSPS) is 25.2. The molecule has 2 heterocycles. The predicted octanol–water partition coefficient (Wildman–Crippen LogP) is 1.53. The first-order chi connectivity index (χ1) is 8.34. The van der Waals surface area contributed by atoms with Crippen LogP contribution in [0.4, 0.5) is 5.95 Å². The molecule has 2 aliphatic rings. The molecule has 1 aliphatic heterocycles. The van der Waals surface area contributed by atoms with Crippen molar-refractivity contribution in [2.45, 2.75) is 44.2 Å². The molecule has 4 nitrogen and oxygen atoms in total. The second-order valence-electron chi connectivity index (χ2n) is 5.36. The minimum absolute atomic E-state index is 0.630. The summed E-state index contributed by atoms with van der Waals surface area (Å²) in [6.07, 6.45) is 10.6. The van der Waals surface area contributed by atoms with Gasteiger partial charge in [0, 0.05) is 44.6 Å². The van der Waals surface area contributed by atoms with Crippen molar-refractivity contribution in [3.63, 3.8) is 0 Å². The van der Waals surface area contributed by atoms with Crippen molar-refractivity contribution in [3.8, 4) is 0 Å². The molecule has 1 aromatic heterocycles. The van der Waals surface area contributed by atoms with Crippen LogP contribution in [-0.2, 0) is 7.05 Å². The van der Waals surface area contributed by atoms with E-state index in [0.717, 1.165) is 25.1 Å². The number of anilines is 1. The van der Waals surface area contributed by atoms with Gasteiger partial charge in [0.1, 0.15) is 0 Å². The lowest BCUT2D eigenvalue weighted by molar-refractivity contribution is 0.426. The van der Waals surface area contributed by atoms with E-state index in [1.807, 2.05) is 12.4 Å². The van der Waals surface area contributed by atoms with Crippen LogP contribution in [0, 0.1) is 0 Å². The van der Waals surface area contributed by atoms with Crippen molar-refractivity contribution in [1.29, 1.82) is 0 Å². The standard InChI is InChI=1S/C13H22N4/c1-16-9-7-14-13(16)17-8-3-2-4-12(17)10-15-11-5-6-11/h7,9,11-12,15H,2-6,8,10H2,1H3. The average Bonchev–Trinajstić information content (AvgIpc) is 3.09. The molecule has 1 atom stereocenters. The van der Waals surface area contributed by atoms with Gasteiger partial charge in [0.2, 0.25) is 5.95 Å². The van der Waals surface area contributed by atoms with Crippen molar-refractivity contribution < 1.29 is 0 Å². The molecule has 1 unspecified atom stereocenters. The van der Waals surface area contributed by atoms with E-state index in [1.165, 1.54) is 32.1 Å². The highest BCUT2D eigenvalue weighted by Gasteiger charge is 2.27. The van der Waals surface area contributed by atoms with Gasteiger partial charge in [-0.05, 0) is 32.1 Å². The van der Waals surface area contributed by atoms with Gasteiger partial charge in [-0.15, -0.1) is 0 Å². The third kappa shape index (κ3) is 2.46. The van der Waals surface area contributed by atoms with Crippen molar-refractivity contribution >= 4 is 5.95 Å². The van der Waals surface area contributed by atoms with Crippen molar-refractivity contribution in [1.82, 2.24) is 14.9 Å². The molecular weight excluding hydrogens is 212 g/mol. The Hall–Kier alpha value is -1.03. The fraction of sp³-hybridized carbons (Fsp3) is 0.769. The maximum Gasteiger partial charge on any atom is 0.205 e. The van der Waals surface area contributed by atoms with Gasteiger partial charge in [-0.25, -0.2) is 4.98 Å². The van der Waals surface area contributed by atoms with Gasteiger partial charge in [-0.1, -0.05) is 0 Å². The lowest BCUT2D eigenvalue weighted by Crippen LogP contribution is -2.47. The molecule has 17 heavy (non-hydrogen) atoms. The van der Waals surface area contributed by atoms with Crippen LogP contribution in [0.2, 0.25) is 0 Å².